The van der Waals surface area contributed by atoms with E-state index in [2.05, 4.69) is 0 Å². The highest BCUT2D eigenvalue weighted by Gasteiger charge is 2.42. The van der Waals surface area contributed by atoms with Crippen LogP contribution < -0.4 is 14.4 Å². The fourth-order valence-electron chi connectivity index (χ4n) is 5.28. The Bertz CT molecular complexity index is 1870. The van der Waals surface area contributed by atoms with Crippen LogP contribution >= 0.6 is 11.6 Å². The van der Waals surface area contributed by atoms with Crippen LogP contribution in [0.2, 0.25) is 5.02 Å². The van der Waals surface area contributed by atoms with Gasteiger partial charge in [0.2, 0.25) is 0 Å². The molecule has 0 aliphatic carbocycles. The number of hydrogen-bond donors (Lipinski definition) is 0. The van der Waals surface area contributed by atoms with E-state index in [1.54, 1.807) is 37.3 Å². The Hall–Kier alpha value is -5.14. The lowest BCUT2D eigenvalue weighted by molar-refractivity contribution is -0.142. The molecule has 44 heavy (non-hydrogen) atoms. The van der Waals surface area contributed by atoms with Gasteiger partial charge in [0.15, 0.2) is 0 Å². The number of nitrogens with zero attached hydrogens (tertiary/aromatic N) is 1. The molecule has 7 nitrogen and oxygen atoms in total. The minimum absolute atomic E-state index is 0.0141. The van der Waals surface area contributed by atoms with Gasteiger partial charge in [-0.1, -0.05) is 90.5 Å². The second-order valence-corrected chi connectivity index (χ2v) is 10.6. The fourth-order valence-corrected chi connectivity index (χ4v) is 5.57. The summed E-state index contributed by atoms with van der Waals surface area (Å²) in [5.41, 5.74) is 3.00. The molecule has 5 aromatic carbocycles. The number of hydrogen-bond acceptors (Lipinski definition) is 6. The summed E-state index contributed by atoms with van der Waals surface area (Å²) >= 11 is 6.64. The second kappa shape index (κ2) is 12.6. The molecule has 0 atom stereocenters. The molecular weight excluding hydrogens is 578 g/mol. The average molecular weight is 606 g/mol. The van der Waals surface area contributed by atoms with Crippen molar-refractivity contribution < 1.29 is 28.6 Å². The van der Waals surface area contributed by atoms with Gasteiger partial charge in [-0.15, -0.1) is 0 Å². The molecule has 2 amide bonds. The van der Waals surface area contributed by atoms with Gasteiger partial charge in [-0.25, -0.2) is 4.90 Å². The fraction of sp³-hybridized carbons (Fsp3) is 0.139. The van der Waals surface area contributed by atoms with Crippen LogP contribution in [0.5, 0.6) is 11.5 Å². The number of halogens is 1. The Morgan fingerprint density at radius 3 is 1.98 bits per heavy atom. The van der Waals surface area contributed by atoms with Crippen LogP contribution in [0.4, 0.5) is 5.69 Å². The lowest BCUT2D eigenvalue weighted by atomic mass is 9.98. The predicted octanol–water partition coefficient (Wildman–Crippen LogP) is 7.56. The summed E-state index contributed by atoms with van der Waals surface area (Å²) < 4.78 is 17.5. The monoisotopic (exact) mass is 605 g/mol. The Morgan fingerprint density at radius 1 is 0.705 bits per heavy atom. The maximum absolute atomic E-state index is 14.2. The zero-order valence-electron chi connectivity index (χ0n) is 23.9. The number of amides is 2. The molecule has 6 rings (SSSR count). The van der Waals surface area contributed by atoms with Crippen molar-refractivity contribution in [1.82, 2.24) is 0 Å². The number of ether oxygens (including phenoxy) is 3. The van der Waals surface area contributed by atoms with Crippen LogP contribution in [-0.4, -0.2) is 24.4 Å². The second-order valence-electron chi connectivity index (χ2n) is 10.2. The number of anilines is 1. The van der Waals surface area contributed by atoms with Gasteiger partial charge in [-0.3, -0.25) is 14.4 Å². The molecule has 220 valence electrons. The zero-order chi connectivity index (χ0) is 30.6. The van der Waals surface area contributed by atoms with Crippen molar-refractivity contribution >= 4 is 45.8 Å². The highest BCUT2D eigenvalue weighted by atomic mass is 35.5. The average Bonchev–Trinajstić information content (AvgIpc) is 3.29. The van der Waals surface area contributed by atoms with E-state index in [1.807, 2.05) is 72.8 Å². The van der Waals surface area contributed by atoms with Gasteiger partial charge in [-0.2, -0.15) is 0 Å². The maximum atomic E-state index is 14.2. The first-order valence-electron chi connectivity index (χ1n) is 14.2. The molecule has 0 N–H and O–H groups in total. The summed E-state index contributed by atoms with van der Waals surface area (Å²) in [6.45, 7) is 2.48. The van der Waals surface area contributed by atoms with Crippen molar-refractivity contribution in [1.29, 1.82) is 0 Å². The normalized spacial score (nSPS) is 12.4. The Balaban J connectivity index is 1.43. The van der Waals surface area contributed by atoms with Crippen molar-refractivity contribution in [2.24, 2.45) is 0 Å². The van der Waals surface area contributed by atoms with E-state index < -0.39 is 17.8 Å². The first-order valence-corrected chi connectivity index (χ1v) is 14.6. The number of carbonyl (C=O) groups excluding carboxylic acids is 3. The van der Waals surface area contributed by atoms with E-state index in [1.165, 1.54) is 0 Å². The standard InChI is InChI=1S/C36H28ClNO6/c1-2-42-31(39)19-25-16-17-28(27(37)18-25)38-35(40)33-30(44-22-24-12-7-4-8-13-24)20-26-14-9-15-29(32(26)34(33)36(38)41)43-21-23-10-5-3-6-11-23/h3-18,20H,2,19,21-22H2,1H3. The van der Waals surface area contributed by atoms with Crippen LogP contribution in [0.1, 0.15) is 44.3 Å². The molecule has 8 heteroatoms. The lowest BCUT2D eigenvalue weighted by Gasteiger charge is -2.16. The third-order valence-corrected chi connectivity index (χ3v) is 7.61. The number of esters is 1. The summed E-state index contributed by atoms with van der Waals surface area (Å²) in [5, 5.41) is 1.36. The smallest absolute Gasteiger partial charge is 0.310 e. The number of rotatable bonds is 10. The highest BCUT2D eigenvalue weighted by molar-refractivity contribution is 6.42. The largest absolute Gasteiger partial charge is 0.488 e. The molecule has 0 fully saturated rings. The third kappa shape index (κ3) is 5.74. The molecule has 1 aliphatic rings. The maximum Gasteiger partial charge on any atom is 0.310 e. The van der Waals surface area contributed by atoms with E-state index >= 15 is 0 Å². The first-order chi connectivity index (χ1) is 21.4. The molecule has 1 aliphatic heterocycles. The summed E-state index contributed by atoms with van der Waals surface area (Å²) in [6.07, 6.45) is 0.0141. The molecular formula is C36H28ClNO6. The SMILES string of the molecule is CCOC(=O)Cc1ccc(N2C(=O)c3c(OCc4ccccc4)cc4cccc(OCc5ccccc5)c4c3C2=O)c(Cl)c1. The topological polar surface area (TPSA) is 82.1 Å². The minimum Gasteiger partial charge on any atom is -0.488 e. The van der Waals surface area contributed by atoms with E-state index in [9.17, 15) is 14.4 Å². The zero-order valence-corrected chi connectivity index (χ0v) is 24.7. The van der Waals surface area contributed by atoms with Gasteiger partial charge in [-0.05, 0) is 53.3 Å². The number of fused-ring (bicyclic) bond motifs is 3. The summed E-state index contributed by atoms with van der Waals surface area (Å²) in [6, 6.07) is 31.3. The molecule has 0 spiro atoms. The molecule has 0 radical (unpaired) electrons. The Labute approximate surface area is 259 Å². The van der Waals surface area contributed by atoms with Gasteiger partial charge in [0, 0.05) is 5.39 Å². The van der Waals surface area contributed by atoms with Gasteiger partial charge < -0.3 is 14.2 Å². The summed E-state index contributed by atoms with van der Waals surface area (Å²) in [4.78, 5) is 41.4. The minimum atomic E-state index is -0.562. The molecule has 0 saturated carbocycles. The molecule has 0 aromatic heterocycles. The number of imide groups is 1. The van der Waals surface area contributed by atoms with Crippen LogP contribution in [-0.2, 0) is 29.2 Å². The van der Waals surface area contributed by atoms with Gasteiger partial charge >= 0.3 is 5.97 Å². The Morgan fingerprint density at radius 2 is 1.34 bits per heavy atom. The third-order valence-electron chi connectivity index (χ3n) is 7.31. The molecule has 0 unspecified atom stereocenters. The van der Waals surface area contributed by atoms with Crippen LogP contribution in [0, 0.1) is 0 Å². The van der Waals surface area contributed by atoms with Crippen molar-refractivity contribution in [2.45, 2.75) is 26.6 Å². The quantitative estimate of drug-likeness (QED) is 0.121. The lowest BCUT2D eigenvalue weighted by Crippen LogP contribution is -2.29. The predicted molar refractivity (Wildman–Crippen MR) is 168 cm³/mol. The van der Waals surface area contributed by atoms with Crippen molar-refractivity contribution in [3.8, 4) is 11.5 Å². The van der Waals surface area contributed by atoms with Gasteiger partial charge in [0.05, 0.1) is 34.9 Å². The first kappa shape index (κ1) is 29.0. The molecule has 0 bridgehead atoms. The molecule has 5 aromatic rings. The number of benzene rings is 5. The van der Waals surface area contributed by atoms with Crippen molar-refractivity contribution in [3.05, 3.63) is 136 Å². The van der Waals surface area contributed by atoms with Gasteiger partial charge in [0.1, 0.15) is 24.7 Å². The highest BCUT2D eigenvalue weighted by Crippen LogP contribution is 2.44. The van der Waals surface area contributed by atoms with Crippen molar-refractivity contribution in [2.75, 3.05) is 11.5 Å². The van der Waals surface area contributed by atoms with Crippen LogP contribution in [0.25, 0.3) is 10.8 Å². The van der Waals surface area contributed by atoms with E-state index in [0.29, 0.717) is 22.1 Å². The van der Waals surface area contributed by atoms with E-state index in [-0.39, 0.29) is 53.8 Å². The summed E-state index contributed by atoms with van der Waals surface area (Å²) in [7, 11) is 0. The van der Waals surface area contributed by atoms with Crippen LogP contribution in [0.15, 0.2) is 103 Å². The summed E-state index contributed by atoms with van der Waals surface area (Å²) in [5.74, 6) is -0.751. The van der Waals surface area contributed by atoms with E-state index in [4.69, 9.17) is 25.8 Å². The van der Waals surface area contributed by atoms with E-state index in [0.717, 1.165) is 16.0 Å². The Kier molecular flexibility index (Phi) is 8.30. The molecule has 1 heterocycles. The molecule has 0 saturated heterocycles. The van der Waals surface area contributed by atoms with Crippen molar-refractivity contribution in [3.63, 3.8) is 0 Å². The van der Waals surface area contributed by atoms with Gasteiger partial charge in [0.25, 0.3) is 11.8 Å². The van der Waals surface area contributed by atoms with Crippen LogP contribution in [0.3, 0.4) is 0 Å². The number of carbonyl (C=O) groups is 3.